The number of allylic oxidation sites excluding steroid dienone is 18. The Kier molecular flexibility index (Phi) is 53.0. The normalized spacial score (nSPS) is 13.1. The molecular formula is C61H102O5. The van der Waals surface area contributed by atoms with E-state index >= 15 is 0 Å². The Hall–Kier alpha value is -3.44. The summed E-state index contributed by atoms with van der Waals surface area (Å²) in [6.45, 7) is 7.53. The minimum Gasteiger partial charge on any atom is -0.462 e. The number of rotatable bonds is 49. The summed E-state index contributed by atoms with van der Waals surface area (Å²) in [6, 6.07) is 0. The molecule has 0 saturated carbocycles. The highest BCUT2D eigenvalue weighted by molar-refractivity contribution is 5.70. The van der Waals surface area contributed by atoms with Gasteiger partial charge in [0.05, 0.1) is 6.61 Å². The molecule has 0 radical (unpaired) electrons. The van der Waals surface area contributed by atoms with Crippen LogP contribution >= 0.6 is 0 Å². The predicted molar refractivity (Wildman–Crippen MR) is 288 cm³/mol. The third-order valence-electron chi connectivity index (χ3n) is 11.3. The van der Waals surface area contributed by atoms with E-state index < -0.39 is 6.10 Å². The van der Waals surface area contributed by atoms with Gasteiger partial charge in [-0.3, -0.25) is 9.59 Å². The molecule has 0 aromatic carbocycles. The molecule has 0 rings (SSSR count). The third kappa shape index (κ3) is 53.2. The van der Waals surface area contributed by atoms with Crippen molar-refractivity contribution in [3.05, 3.63) is 109 Å². The molecule has 0 aromatic heterocycles. The Morgan fingerprint density at radius 3 is 1.12 bits per heavy atom. The maximum Gasteiger partial charge on any atom is 0.306 e. The van der Waals surface area contributed by atoms with Crippen LogP contribution in [0.1, 0.15) is 239 Å². The van der Waals surface area contributed by atoms with Gasteiger partial charge in [-0.05, 0) is 122 Å². The second kappa shape index (κ2) is 55.9. The molecule has 5 nitrogen and oxygen atoms in total. The van der Waals surface area contributed by atoms with Crippen LogP contribution in [0.15, 0.2) is 109 Å². The largest absolute Gasteiger partial charge is 0.462 e. The van der Waals surface area contributed by atoms with Crippen LogP contribution in [0.5, 0.6) is 0 Å². The average molecular weight is 915 g/mol. The van der Waals surface area contributed by atoms with Crippen molar-refractivity contribution in [2.45, 2.75) is 245 Å². The molecule has 0 aromatic rings. The van der Waals surface area contributed by atoms with Crippen LogP contribution in [-0.4, -0.2) is 37.9 Å². The fraction of sp³-hybridized carbons (Fsp3) is 0.672. The lowest BCUT2D eigenvalue weighted by Gasteiger charge is -2.18. The zero-order valence-corrected chi connectivity index (χ0v) is 43.2. The fourth-order valence-corrected chi connectivity index (χ4v) is 7.25. The Morgan fingerprint density at radius 1 is 0.348 bits per heavy atom. The summed E-state index contributed by atoms with van der Waals surface area (Å²) in [5.41, 5.74) is 0. The van der Waals surface area contributed by atoms with E-state index in [1.54, 1.807) is 0 Å². The Morgan fingerprint density at radius 2 is 0.682 bits per heavy atom. The third-order valence-corrected chi connectivity index (χ3v) is 11.3. The number of unbranched alkanes of at least 4 members (excludes halogenated alkanes) is 20. The molecule has 0 N–H and O–H groups in total. The van der Waals surface area contributed by atoms with Crippen molar-refractivity contribution in [1.29, 1.82) is 0 Å². The maximum absolute atomic E-state index is 12.8. The number of hydrogen-bond donors (Lipinski definition) is 0. The highest BCUT2D eigenvalue weighted by Crippen LogP contribution is 2.13. The zero-order valence-electron chi connectivity index (χ0n) is 43.2. The van der Waals surface area contributed by atoms with Gasteiger partial charge in [0.1, 0.15) is 6.61 Å². The summed E-state index contributed by atoms with van der Waals surface area (Å²) in [7, 11) is 0. The summed E-state index contributed by atoms with van der Waals surface area (Å²) < 4.78 is 17.4. The topological polar surface area (TPSA) is 61.8 Å². The molecule has 5 heteroatoms. The number of carbonyl (C=O) groups is 2. The van der Waals surface area contributed by atoms with Crippen LogP contribution in [-0.2, 0) is 23.8 Å². The summed E-state index contributed by atoms with van der Waals surface area (Å²) in [4.78, 5) is 25.5. The summed E-state index contributed by atoms with van der Waals surface area (Å²) >= 11 is 0. The minimum atomic E-state index is -0.568. The minimum absolute atomic E-state index is 0.0536. The van der Waals surface area contributed by atoms with Gasteiger partial charge in [0.15, 0.2) is 6.10 Å². The molecule has 0 fully saturated rings. The number of ether oxygens (including phenoxy) is 3. The molecule has 0 aliphatic rings. The predicted octanol–water partition coefficient (Wildman–Crippen LogP) is 18.8. The van der Waals surface area contributed by atoms with Gasteiger partial charge in [0, 0.05) is 19.4 Å². The SMILES string of the molecule is CC/C=C\C/C=C\C/C=C\C/C=C\C/C=C\CCCCCC(=O)OCC(COCCCCCCCC/C=C\C/C=C\C/C=C\CC)OC(=O)CCCCCCC/C=C\CCCCCCCC. The van der Waals surface area contributed by atoms with Gasteiger partial charge < -0.3 is 14.2 Å². The van der Waals surface area contributed by atoms with Crippen molar-refractivity contribution in [2.75, 3.05) is 19.8 Å². The number of esters is 2. The first-order valence-corrected chi connectivity index (χ1v) is 27.4. The van der Waals surface area contributed by atoms with Crippen LogP contribution < -0.4 is 0 Å². The van der Waals surface area contributed by atoms with E-state index in [-0.39, 0.29) is 25.2 Å². The molecule has 0 bridgehead atoms. The molecule has 0 spiro atoms. The van der Waals surface area contributed by atoms with Gasteiger partial charge in [-0.2, -0.15) is 0 Å². The van der Waals surface area contributed by atoms with Gasteiger partial charge >= 0.3 is 11.9 Å². The average Bonchev–Trinajstić information content (AvgIpc) is 3.32. The number of carbonyl (C=O) groups excluding carboxylic acids is 2. The monoisotopic (exact) mass is 915 g/mol. The molecule has 0 aliphatic carbocycles. The van der Waals surface area contributed by atoms with Crippen LogP contribution in [0.3, 0.4) is 0 Å². The van der Waals surface area contributed by atoms with Crippen LogP contribution in [0.2, 0.25) is 0 Å². The van der Waals surface area contributed by atoms with Gasteiger partial charge in [-0.1, -0.05) is 214 Å². The van der Waals surface area contributed by atoms with E-state index in [0.717, 1.165) is 122 Å². The molecule has 0 heterocycles. The van der Waals surface area contributed by atoms with E-state index in [4.69, 9.17) is 14.2 Å². The molecule has 0 saturated heterocycles. The van der Waals surface area contributed by atoms with E-state index in [9.17, 15) is 9.59 Å². The second-order valence-electron chi connectivity index (χ2n) is 17.7. The number of hydrogen-bond acceptors (Lipinski definition) is 5. The van der Waals surface area contributed by atoms with Crippen LogP contribution in [0, 0.1) is 0 Å². The zero-order chi connectivity index (χ0) is 47.7. The quantitative estimate of drug-likeness (QED) is 0.0346. The van der Waals surface area contributed by atoms with Crippen LogP contribution in [0.25, 0.3) is 0 Å². The molecule has 0 aliphatic heterocycles. The highest BCUT2D eigenvalue weighted by atomic mass is 16.6. The van der Waals surface area contributed by atoms with Crippen LogP contribution in [0.4, 0.5) is 0 Å². The molecule has 1 unspecified atom stereocenters. The standard InChI is InChI=1S/C61H102O5/c1-4-7-10-13-16-19-22-25-28-30-31-32-34-36-39-42-45-48-51-54-60(62)65-58-59(57-64-56-53-50-47-44-41-38-35-29-26-23-20-17-14-11-8-5-2)66-61(63)55-52-49-46-43-40-37-33-27-24-21-18-15-12-9-6-3/h7-8,10-11,16-17,19-20,25-29,31-33,36,39,59H,4-6,9,12-15,18,21-24,30,34-35,37-38,40-58H2,1-3H3/b10-7-,11-8-,19-16-,20-17-,28-25-,29-26-,32-31-,33-27-,39-36-. The lowest BCUT2D eigenvalue weighted by Crippen LogP contribution is -2.30. The summed E-state index contributed by atoms with van der Waals surface area (Å²) in [6.07, 6.45) is 76.7. The van der Waals surface area contributed by atoms with E-state index in [2.05, 4.69) is 130 Å². The highest BCUT2D eigenvalue weighted by Gasteiger charge is 2.17. The first-order valence-electron chi connectivity index (χ1n) is 27.4. The van der Waals surface area contributed by atoms with Gasteiger partial charge in [-0.15, -0.1) is 0 Å². The van der Waals surface area contributed by atoms with Crippen molar-refractivity contribution in [3.8, 4) is 0 Å². The van der Waals surface area contributed by atoms with Gasteiger partial charge in [0.2, 0.25) is 0 Å². The van der Waals surface area contributed by atoms with E-state index in [1.165, 1.54) is 83.5 Å². The van der Waals surface area contributed by atoms with E-state index in [0.29, 0.717) is 19.4 Å². The van der Waals surface area contributed by atoms with Crippen molar-refractivity contribution in [1.82, 2.24) is 0 Å². The Labute approximate surface area is 408 Å². The summed E-state index contributed by atoms with van der Waals surface area (Å²) in [5, 5.41) is 0. The van der Waals surface area contributed by atoms with Crippen molar-refractivity contribution in [3.63, 3.8) is 0 Å². The van der Waals surface area contributed by atoms with E-state index in [1.807, 2.05) is 0 Å². The van der Waals surface area contributed by atoms with Crippen molar-refractivity contribution < 1.29 is 23.8 Å². The smallest absolute Gasteiger partial charge is 0.306 e. The fourth-order valence-electron chi connectivity index (χ4n) is 7.25. The Balaban J connectivity index is 4.39. The Bertz CT molecular complexity index is 1310. The second-order valence-corrected chi connectivity index (χ2v) is 17.7. The molecular weight excluding hydrogens is 813 g/mol. The van der Waals surface area contributed by atoms with Crippen molar-refractivity contribution in [2.24, 2.45) is 0 Å². The molecule has 66 heavy (non-hydrogen) atoms. The first-order chi connectivity index (χ1) is 32.6. The van der Waals surface area contributed by atoms with Gasteiger partial charge in [-0.25, -0.2) is 0 Å². The van der Waals surface area contributed by atoms with Crippen molar-refractivity contribution >= 4 is 11.9 Å². The van der Waals surface area contributed by atoms with Gasteiger partial charge in [0.25, 0.3) is 0 Å². The lowest BCUT2D eigenvalue weighted by molar-refractivity contribution is -0.163. The molecule has 376 valence electrons. The first kappa shape index (κ1) is 62.6. The molecule has 0 amide bonds. The molecule has 1 atom stereocenters. The maximum atomic E-state index is 12.8. The summed E-state index contributed by atoms with van der Waals surface area (Å²) in [5.74, 6) is -0.454. The lowest BCUT2D eigenvalue weighted by atomic mass is 10.1.